The normalized spacial score (nSPS) is 15.4. The first-order valence-electron chi connectivity index (χ1n) is 8.85. The van der Waals surface area contributed by atoms with Gasteiger partial charge < -0.3 is 14.1 Å². The van der Waals surface area contributed by atoms with Crippen molar-refractivity contribution >= 4 is 27.3 Å². The fraction of sp³-hybridized carbons (Fsp3) is 0.500. The van der Waals surface area contributed by atoms with E-state index in [1.54, 1.807) is 12.1 Å². The SMILES string of the molecule is CCCCCc1nc(S(=O)(=O)c2ccc(Cl)cc2)c(N2CCOCC2)o1. The predicted octanol–water partition coefficient (Wildman–Crippen LogP) is 3.73. The molecule has 0 aliphatic carbocycles. The standard InChI is InChI=1S/C18H23ClN2O4S/c1-2-3-4-5-16-20-17(18(25-16)21-10-12-24-13-11-21)26(22,23)15-8-6-14(19)7-9-15/h6-9H,2-5,10-13H2,1H3. The first kappa shape index (κ1) is 19.2. The lowest BCUT2D eigenvalue weighted by atomic mass is 10.2. The Kier molecular flexibility index (Phi) is 6.21. The number of oxazole rings is 1. The average molecular weight is 399 g/mol. The molecule has 1 aromatic carbocycles. The zero-order valence-corrected chi connectivity index (χ0v) is 16.4. The smallest absolute Gasteiger partial charge is 0.236 e. The summed E-state index contributed by atoms with van der Waals surface area (Å²) >= 11 is 5.88. The number of hydrogen-bond acceptors (Lipinski definition) is 6. The van der Waals surface area contributed by atoms with Gasteiger partial charge in [0.15, 0.2) is 5.89 Å². The maximum absolute atomic E-state index is 13.1. The third-order valence-corrected chi connectivity index (χ3v) is 6.21. The molecule has 1 aliphatic rings. The second kappa shape index (κ2) is 8.41. The number of aryl methyl sites for hydroxylation is 1. The Balaban J connectivity index is 1.98. The van der Waals surface area contributed by atoms with Gasteiger partial charge in [0, 0.05) is 24.5 Å². The molecule has 2 heterocycles. The molecule has 142 valence electrons. The molecular weight excluding hydrogens is 376 g/mol. The van der Waals surface area contributed by atoms with E-state index in [2.05, 4.69) is 11.9 Å². The van der Waals surface area contributed by atoms with Crippen LogP contribution >= 0.6 is 11.6 Å². The highest BCUT2D eigenvalue weighted by Crippen LogP contribution is 2.32. The summed E-state index contributed by atoms with van der Waals surface area (Å²) in [5.41, 5.74) is 0. The Bertz CT molecular complexity index is 827. The summed E-state index contributed by atoms with van der Waals surface area (Å²) < 4.78 is 37.5. The van der Waals surface area contributed by atoms with Gasteiger partial charge >= 0.3 is 0 Å². The number of halogens is 1. The second-order valence-electron chi connectivity index (χ2n) is 6.23. The maximum atomic E-state index is 13.1. The number of nitrogens with zero attached hydrogens (tertiary/aromatic N) is 2. The molecule has 0 amide bonds. The Morgan fingerprint density at radius 2 is 1.85 bits per heavy atom. The lowest BCUT2D eigenvalue weighted by Crippen LogP contribution is -2.36. The van der Waals surface area contributed by atoms with Crippen molar-refractivity contribution in [2.24, 2.45) is 0 Å². The Labute approximate surface area is 159 Å². The van der Waals surface area contributed by atoms with Crippen molar-refractivity contribution in [3.8, 4) is 0 Å². The Morgan fingerprint density at radius 3 is 2.50 bits per heavy atom. The number of aromatic nitrogens is 1. The van der Waals surface area contributed by atoms with Crippen LogP contribution in [0.5, 0.6) is 0 Å². The van der Waals surface area contributed by atoms with Crippen LogP contribution in [0.4, 0.5) is 5.88 Å². The van der Waals surface area contributed by atoms with Gasteiger partial charge in [-0.15, -0.1) is 0 Å². The van der Waals surface area contributed by atoms with E-state index in [0.717, 1.165) is 19.3 Å². The summed E-state index contributed by atoms with van der Waals surface area (Å²) in [6, 6.07) is 6.11. The second-order valence-corrected chi connectivity index (χ2v) is 8.53. The molecule has 1 fully saturated rings. The zero-order valence-electron chi connectivity index (χ0n) is 14.8. The fourth-order valence-corrected chi connectivity index (χ4v) is 4.31. The molecule has 1 saturated heterocycles. The molecule has 0 bridgehead atoms. The van der Waals surface area contributed by atoms with Gasteiger partial charge in [0.25, 0.3) is 0 Å². The van der Waals surface area contributed by atoms with Gasteiger partial charge in [-0.05, 0) is 30.7 Å². The topological polar surface area (TPSA) is 72.6 Å². The van der Waals surface area contributed by atoms with Crippen molar-refractivity contribution in [2.45, 2.75) is 42.5 Å². The van der Waals surface area contributed by atoms with Crippen molar-refractivity contribution in [1.82, 2.24) is 4.98 Å². The van der Waals surface area contributed by atoms with Crippen LogP contribution in [0.3, 0.4) is 0 Å². The highest BCUT2D eigenvalue weighted by Gasteiger charge is 2.31. The number of rotatable bonds is 7. The monoisotopic (exact) mass is 398 g/mol. The van der Waals surface area contributed by atoms with Crippen molar-refractivity contribution in [3.05, 3.63) is 35.2 Å². The first-order valence-corrected chi connectivity index (χ1v) is 10.7. The Hall–Kier alpha value is -1.57. The van der Waals surface area contributed by atoms with Crippen LogP contribution in [0, 0.1) is 0 Å². The van der Waals surface area contributed by atoms with Gasteiger partial charge in [0.05, 0.1) is 18.1 Å². The number of morpholine rings is 1. The number of ether oxygens (including phenoxy) is 1. The summed E-state index contributed by atoms with van der Waals surface area (Å²) in [4.78, 5) is 6.41. The molecule has 26 heavy (non-hydrogen) atoms. The number of benzene rings is 1. The molecule has 0 atom stereocenters. The molecule has 0 saturated carbocycles. The highest BCUT2D eigenvalue weighted by atomic mass is 35.5. The van der Waals surface area contributed by atoms with Gasteiger partial charge in [-0.25, -0.2) is 8.42 Å². The molecule has 0 spiro atoms. The predicted molar refractivity (Wildman–Crippen MR) is 99.7 cm³/mol. The van der Waals surface area contributed by atoms with Crippen LogP contribution in [0.25, 0.3) is 0 Å². The van der Waals surface area contributed by atoms with E-state index in [-0.39, 0.29) is 9.92 Å². The van der Waals surface area contributed by atoms with Crippen LogP contribution in [0.15, 0.2) is 38.6 Å². The third kappa shape index (κ3) is 4.22. The van der Waals surface area contributed by atoms with E-state index in [1.807, 2.05) is 4.90 Å². The van der Waals surface area contributed by atoms with Crippen LogP contribution in [0.2, 0.25) is 5.02 Å². The summed E-state index contributed by atoms with van der Waals surface area (Å²) in [6.45, 7) is 4.34. The van der Waals surface area contributed by atoms with Crippen LogP contribution in [-0.4, -0.2) is 39.7 Å². The highest BCUT2D eigenvalue weighted by molar-refractivity contribution is 7.91. The molecule has 0 N–H and O–H groups in total. The van der Waals surface area contributed by atoms with E-state index >= 15 is 0 Å². The van der Waals surface area contributed by atoms with Crippen molar-refractivity contribution in [1.29, 1.82) is 0 Å². The molecule has 2 aromatic rings. The molecule has 1 aromatic heterocycles. The maximum Gasteiger partial charge on any atom is 0.236 e. The van der Waals surface area contributed by atoms with E-state index in [1.165, 1.54) is 12.1 Å². The summed E-state index contributed by atoms with van der Waals surface area (Å²) in [5, 5.41) is 0.464. The minimum absolute atomic E-state index is 0.0202. The number of unbranched alkanes of at least 4 members (excludes halogenated alkanes) is 2. The fourth-order valence-electron chi connectivity index (χ4n) is 2.84. The van der Waals surface area contributed by atoms with E-state index < -0.39 is 9.84 Å². The lowest BCUT2D eigenvalue weighted by Gasteiger charge is -2.26. The number of hydrogen-bond donors (Lipinski definition) is 0. The van der Waals surface area contributed by atoms with Crippen molar-refractivity contribution in [3.63, 3.8) is 0 Å². The lowest BCUT2D eigenvalue weighted by molar-refractivity contribution is 0.120. The van der Waals surface area contributed by atoms with Crippen LogP contribution < -0.4 is 4.90 Å². The first-order chi connectivity index (χ1) is 12.5. The van der Waals surface area contributed by atoms with E-state index in [9.17, 15) is 8.42 Å². The summed E-state index contributed by atoms with van der Waals surface area (Å²) in [6.07, 6.45) is 3.67. The van der Waals surface area contributed by atoms with Crippen molar-refractivity contribution in [2.75, 3.05) is 31.2 Å². The zero-order chi connectivity index (χ0) is 18.6. The minimum Gasteiger partial charge on any atom is -0.424 e. The molecule has 8 heteroatoms. The third-order valence-electron chi connectivity index (χ3n) is 4.29. The molecule has 6 nitrogen and oxygen atoms in total. The number of sulfone groups is 1. The summed E-state index contributed by atoms with van der Waals surface area (Å²) in [7, 11) is -3.79. The van der Waals surface area contributed by atoms with Gasteiger partial charge in [-0.2, -0.15) is 4.98 Å². The van der Waals surface area contributed by atoms with Crippen molar-refractivity contribution < 1.29 is 17.6 Å². The van der Waals surface area contributed by atoms with Gasteiger partial charge in [0.2, 0.25) is 20.7 Å². The number of anilines is 1. The molecule has 0 unspecified atom stereocenters. The van der Waals surface area contributed by atoms with E-state index in [0.29, 0.717) is 49.5 Å². The Morgan fingerprint density at radius 1 is 1.15 bits per heavy atom. The average Bonchev–Trinajstić information content (AvgIpc) is 3.08. The molecule has 3 rings (SSSR count). The molecular formula is C18H23ClN2O4S. The molecule has 1 aliphatic heterocycles. The van der Waals surface area contributed by atoms with Crippen LogP contribution in [-0.2, 0) is 21.0 Å². The quantitative estimate of drug-likeness (QED) is 0.661. The van der Waals surface area contributed by atoms with E-state index in [4.69, 9.17) is 20.8 Å². The molecule has 0 radical (unpaired) electrons. The largest absolute Gasteiger partial charge is 0.424 e. The summed E-state index contributed by atoms with van der Waals surface area (Å²) in [5.74, 6) is 0.780. The minimum atomic E-state index is -3.79. The van der Waals surface area contributed by atoms with Crippen LogP contribution in [0.1, 0.15) is 32.1 Å². The van der Waals surface area contributed by atoms with Gasteiger partial charge in [-0.3, -0.25) is 0 Å². The van der Waals surface area contributed by atoms with Gasteiger partial charge in [-0.1, -0.05) is 31.4 Å². The van der Waals surface area contributed by atoms with Gasteiger partial charge in [0.1, 0.15) is 0 Å².